The number of fused-ring (bicyclic) bond motifs is 1. The number of carbonyl (C=O) groups excluding carboxylic acids is 1. The van der Waals surface area contributed by atoms with Crippen molar-refractivity contribution >= 4 is 16.8 Å². The van der Waals surface area contributed by atoms with Crippen molar-refractivity contribution in [1.82, 2.24) is 20.1 Å². The van der Waals surface area contributed by atoms with E-state index in [1.165, 1.54) is 6.07 Å². The van der Waals surface area contributed by atoms with Crippen LogP contribution < -0.4 is 10.1 Å². The SMILES string of the molecule is CC(C)Oc1ccc(-c2cc(-c3cccc4c3ccn4CC(=O)NCCO)[nH]n2)cc1C(F)(F)F. The lowest BCUT2D eigenvalue weighted by Gasteiger charge is -2.17. The van der Waals surface area contributed by atoms with Crippen molar-refractivity contribution in [2.45, 2.75) is 32.7 Å². The van der Waals surface area contributed by atoms with E-state index in [2.05, 4.69) is 15.5 Å². The zero-order chi connectivity index (χ0) is 25.2. The van der Waals surface area contributed by atoms with Gasteiger partial charge in [0.1, 0.15) is 12.3 Å². The molecular formula is C25H25F3N4O3. The molecule has 35 heavy (non-hydrogen) atoms. The lowest BCUT2D eigenvalue weighted by atomic mass is 10.0. The van der Waals surface area contributed by atoms with Gasteiger partial charge in [-0.1, -0.05) is 12.1 Å². The van der Waals surface area contributed by atoms with Crippen LogP contribution in [0.1, 0.15) is 19.4 Å². The lowest BCUT2D eigenvalue weighted by Crippen LogP contribution is -2.29. The molecule has 2 heterocycles. The molecule has 184 valence electrons. The average Bonchev–Trinajstić information content (AvgIpc) is 3.45. The Balaban J connectivity index is 1.66. The van der Waals surface area contributed by atoms with Crippen LogP contribution in [-0.4, -0.2) is 45.0 Å². The van der Waals surface area contributed by atoms with Crippen LogP contribution in [0.25, 0.3) is 33.4 Å². The van der Waals surface area contributed by atoms with E-state index in [1.807, 2.05) is 24.3 Å². The summed E-state index contributed by atoms with van der Waals surface area (Å²) >= 11 is 0. The molecule has 0 bridgehead atoms. The number of halogens is 3. The Morgan fingerprint density at radius 3 is 2.71 bits per heavy atom. The standard InChI is InChI=1S/C25H25F3N4O3/c1-15(2)35-23-7-6-16(12-19(23)25(26,27)28)20-13-21(31-30-20)17-4-3-5-22-18(17)8-10-32(22)14-24(34)29-9-11-33/h3-8,10,12-13,15,33H,9,11,14H2,1-2H3,(H,29,34)(H,30,31). The van der Waals surface area contributed by atoms with Crippen molar-refractivity contribution < 1.29 is 27.8 Å². The van der Waals surface area contributed by atoms with Crippen molar-refractivity contribution in [2.24, 2.45) is 0 Å². The fourth-order valence-corrected chi connectivity index (χ4v) is 3.88. The number of amides is 1. The Bertz CT molecular complexity index is 1340. The third kappa shape index (κ3) is 5.32. The van der Waals surface area contributed by atoms with Crippen LogP contribution in [0, 0.1) is 0 Å². The van der Waals surface area contributed by atoms with Crippen molar-refractivity contribution in [3.8, 4) is 28.3 Å². The highest BCUT2D eigenvalue weighted by Gasteiger charge is 2.35. The third-order valence-corrected chi connectivity index (χ3v) is 5.37. The summed E-state index contributed by atoms with van der Waals surface area (Å²) in [5.74, 6) is -0.447. The number of H-pyrrole nitrogens is 1. The van der Waals surface area contributed by atoms with Gasteiger partial charge < -0.3 is 19.7 Å². The topological polar surface area (TPSA) is 92.2 Å². The Labute approximate surface area is 199 Å². The molecule has 1 amide bonds. The highest BCUT2D eigenvalue weighted by atomic mass is 19.4. The van der Waals surface area contributed by atoms with Crippen molar-refractivity contribution in [3.05, 3.63) is 60.3 Å². The van der Waals surface area contributed by atoms with E-state index in [4.69, 9.17) is 9.84 Å². The van der Waals surface area contributed by atoms with E-state index >= 15 is 0 Å². The Morgan fingerprint density at radius 1 is 1.20 bits per heavy atom. The van der Waals surface area contributed by atoms with Crippen LogP contribution in [0.2, 0.25) is 0 Å². The number of aromatic amines is 1. The quantitative estimate of drug-likeness (QED) is 0.339. The van der Waals surface area contributed by atoms with E-state index in [-0.39, 0.29) is 31.4 Å². The highest BCUT2D eigenvalue weighted by Crippen LogP contribution is 2.39. The van der Waals surface area contributed by atoms with E-state index in [1.54, 1.807) is 36.7 Å². The van der Waals surface area contributed by atoms with Crippen LogP contribution in [0.3, 0.4) is 0 Å². The van der Waals surface area contributed by atoms with Gasteiger partial charge in [-0.2, -0.15) is 18.3 Å². The molecule has 0 fully saturated rings. The number of hydrogen-bond acceptors (Lipinski definition) is 4. The molecule has 2 aromatic heterocycles. The molecular weight excluding hydrogens is 461 g/mol. The fourth-order valence-electron chi connectivity index (χ4n) is 3.88. The maximum Gasteiger partial charge on any atom is 0.419 e. The largest absolute Gasteiger partial charge is 0.490 e. The monoisotopic (exact) mass is 486 g/mol. The molecule has 7 nitrogen and oxygen atoms in total. The number of aromatic nitrogens is 3. The first-order valence-corrected chi connectivity index (χ1v) is 11.1. The summed E-state index contributed by atoms with van der Waals surface area (Å²) in [6.45, 7) is 3.47. The number of ether oxygens (including phenoxy) is 1. The molecule has 0 aliphatic heterocycles. The van der Waals surface area contributed by atoms with Crippen LogP contribution >= 0.6 is 0 Å². The zero-order valence-electron chi connectivity index (χ0n) is 19.2. The first-order valence-electron chi connectivity index (χ1n) is 11.1. The summed E-state index contributed by atoms with van der Waals surface area (Å²) in [7, 11) is 0. The molecule has 0 saturated heterocycles. The molecule has 0 unspecified atom stereocenters. The van der Waals surface area contributed by atoms with Crippen molar-refractivity contribution in [3.63, 3.8) is 0 Å². The molecule has 10 heteroatoms. The third-order valence-electron chi connectivity index (χ3n) is 5.37. The molecule has 0 radical (unpaired) electrons. The number of alkyl halides is 3. The van der Waals surface area contributed by atoms with E-state index < -0.39 is 17.8 Å². The number of benzene rings is 2. The first-order chi connectivity index (χ1) is 16.7. The predicted molar refractivity (Wildman–Crippen MR) is 126 cm³/mol. The smallest absolute Gasteiger partial charge is 0.419 e. The summed E-state index contributed by atoms with van der Waals surface area (Å²) in [4.78, 5) is 12.1. The minimum absolute atomic E-state index is 0.0895. The van der Waals surface area contributed by atoms with Crippen LogP contribution in [0.4, 0.5) is 13.2 Å². The molecule has 0 spiro atoms. The van der Waals surface area contributed by atoms with Gasteiger partial charge in [-0.15, -0.1) is 0 Å². The fraction of sp³-hybridized carbons (Fsp3) is 0.280. The van der Waals surface area contributed by atoms with Gasteiger partial charge in [0, 0.05) is 34.8 Å². The normalized spacial score (nSPS) is 11.9. The Morgan fingerprint density at radius 2 is 2.00 bits per heavy atom. The van der Waals surface area contributed by atoms with Gasteiger partial charge in [0.25, 0.3) is 0 Å². The van der Waals surface area contributed by atoms with Gasteiger partial charge in [0.05, 0.1) is 29.7 Å². The van der Waals surface area contributed by atoms with Crippen molar-refractivity contribution in [1.29, 1.82) is 0 Å². The second-order valence-electron chi connectivity index (χ2n) is 8.30. The Hall–Kier alpha value is -3.79. The molecule has 0 saturated carbocycles. The predicted octanol–water partition coefficient (Wildman–Crippen LogP) is 4.61. The number of nitrogens with zero attached hydrogens (tertiary/aromatic N) is 2. The molecule has 0 aliphatic rings. The summed E-state index contributed by atoms with van der Waals surface area (Å²) < 4.78 is 48.1. The number of hydrogen-bond donors (Lipinski definition) is 3. The summed E-state index contributed by atoms with van der Waals surface area (Å²) in [6, 6.07) is 13.0. The van der Waals surface area contributed by atoms with E-state index in [0.717, 1.165) is 22.5 Å². The molecule has 2 aromatic carbocycles. The summed E-state index contributed by atoms with van der Waals surface area (Å²) in [6.07, 6.45) is -3.18. The maximum atomic E-state index is 13.6. The number of nitrogens with one attached hydrogen (secondary N) is 2. The van der Waals surface area contributed by atoms with Crippen molar-refractivity contribution in [2.75, 3.05) is 13.2 Å². The molecule has 0 aliphatic carbocycles. The number of aliphatic hydroxyl groups excluding tert-OH is 1. The molecule has 3 N–H and O–H groups in total. The van der Waals surface area contributed by atoms with Gasteiger partial charge in [0.15, 0.2) is 0 Å². The van der Waals surface area contributed by atoms with Crippen LogP contribution in [0.15, 0.2) is 54.7 Å². The molecule has 4 rings (SSSR count). The van der Waals surface area contributed by atoms with Gasteiger partial charge in [-0.25, -0.2) is 0 Å². The van der Waals surface area contributed by atoms with Gasteiger partial charge >= 0.3 is 6.18 Å². The number of rotatable bonds is 8. The lowest BCUT2D eigenvalue weighted by molar-refractivity contribution is -0.139. The van der Waals surface area contributed by atoms with E-state index in [9.17, 15) is 18.0 Å². The van der Waals surface area contributed by atoms with Gasteiger partial charge in [-0.05, 0) is 50.2 Å². The average molecular weight is 486 g/mol. The summed E-state index contributed by atoms with van der Waals surface area (Å²) in [5.41, 5.74) is 2.05. The Kier molecular flexibility index (Phi) is 6.83. The van der Waals surface area contributed by atoms with Gasteiger partial charge in [0.2, 0.25) is 5.91 Å². The van der Waals surface area contributed by atoms with Crippen LogP contribution in [-0.2, 0) is 17.5 Å². The first kappa shape index (κ1) is 24.3. The second-order valence-corrected chi connectivity index (χ2v) is 8.30. The second kappa shape index (κ2) is 9.83. The van der Waals surface area contributed by atoms with Crippen LogP contribution in [0.5, 0.6) is 5.75 Å². The highest BCUT2D eigenvalue weighted by molar-refractivity contribution is 5.95. The maximum absolute atomic E-state index is 13.6. The summed E-state index contributed by atoms with van der Waals surface area (Å²) in [5, 5.41) is 19.5. The van der Waals surface area contributed by atoms with Gasteiger partial charge in [-0.3, -0.25) is 9.89 Å². The minimum atomic E-state index is -4.57. The zero-order valence-corrected chi connectivity index (χ0v) is 19.2. The molecule has 4 aromatic rings. The van der Waals surface area contributed by atoms with E-state index in [0.29, 0.717) is 17.0 Å². The molecule has 0 atom stereocenters. The number of aliphatic hydroxyl groups is 1. The minimum Gasteiger partial charge on any atom is -0.490 e. The number of carbonyl (C=O) groups is 1.